The summed E-state index contributed by atoms with van der Waals surface area (Å²) in [6.07, 6.45) is 3.80. The molecule has 3 N–H and O–H groups in total. The van der Waals surface area contributed by atoms with E-state index in [1.807, 2.05) is 13.8 Å². The van der Waals surface area contributed by atoms with Crippen LogP contribution >= 0.6 is 0 Å². The molecule has 0 aromatic rings. The predicted octanol–water partition coefficient (Wildman–Crippen LogP) is 1.51. The molecule has 0 aliphatic carbocycles. The van der Waals surface area contributed by atoms with Crippen LogP contribution in [0.5, 0.6) is 0 Å². The molecule has 0 heterocycles. The molecule has 0 atom stereocenters. The first-order chi connectivity index (χ1) is 4.18. The van der Waals surface area contributed by atoms with Crippen molar-refractivity contribution in [3.8, 4) is 0 Å². The molecule has 0 aromatic carbocycles. The Bertz CT molecular complexity index is 67.7. The summed E-state index contributed by atoms with van der Waals surface area (Å²) in [6.45, 7) is 6.19. The molecule has 0 saturated heterocycles. The lowest BCUT2D eigenvalue weighted by Crippen LogP contribution is -2.25. The van der Waals surface area contributed by atoms with Crippen LogP contribution in [0.3, 0.4) is 0 Å². The summed E-state index contributed by atoms with van der Waals surface area (Å²) in [6, 6.07) is 0. The minimum Gasteiger partial charge on any atom is -0.412 e. The van der Waals surface area contributed by atoms with E-state index in [9.17, 15) is 5.11 Å². The van der Waals surface area contributed by atoms with E-state index in [0.29, 0.717) is 0 Å². The Morgan fingerprint density at radius 3 is 1.60 bits per heavy atom. The molecular formula is C8H20O2. The van der Waals surface area contributed by atoms with Gasteiger partial charge in [0.05, 0.1) is 5.60 Å². The average molecular weight is 148 g/mol. The van der Waals surface area contributed by atoms with Gasteiger partial charge in [-0.2, -0.15) is 0 Å². The Morgan fingerprint density at radius 1 is 1.10 bits per heavy atom. The van der Waals surface area contributed by atoms with Gasteiger partial charge in [-0.25, -0.2) is 0 Å². The molecule has 0 spiro atoms. The second-order valence-corrected chi connectivity index (χ2v) is 2.68. The first kappa shape index (κ1) is 12.6. The standard InChI is InChI=1S/C8H18O.H2O/c1-4-7-8(9,5-2)6-3;/h9H,4-7H2,1-3H3;1H2. The molecule has 0 aliphatic heterocycles. The van der Waals surface area contributed by atoms with Gasteiger partial charge in [0.1, 0.15) is 0 Å². The Labute approximate surface area is 63.6 Å². The number of hydrogen-bond donors (Lipinski definition) is 1. The zero-order valence-corrected chi connectivity index (χ0v) is 7.28. The minimum absolute atomic E-state index is 0. The molecule has 0 unspecified atom stereocenters. The van der Waals surface area contributed by atoms with Crippen LogP contribution in [0.2, 0.25) is 0 Å². The van der Waals surface area contributed by atoms with Crippen molar-refractivity contribution in [3.05, 3.63) is 0 Å². The van der Waals surface area contributed by atoms with Gasteiger partial charge in [-0.3, -0.25) is 0 Å². The molecule has 0 fully saturated rings. The smallest absolute Gasteiger partial charge is 0.0642 e. The lowest BCUT2D eigenvalue weighted by atomic mass is 9.92. The fraction of sp³-hybridized carbons (Fsp3) is 1.00. The highest BCUT2D eigenvalue weighted by Gasteiger charge is 2.19. The van der Waals surface area contributed by atoms with Crippen molar-refractivity contribution >= 4 is 0 Å². The maximum absolute atomic E-state index is 9.63. The van der Waals surface area contributed by atoms with E-state index < -0.39 is 0 Å². The molecule has 10 heavy (non-hydrogen) atoms. The van der Waals surface area contributed by atoms with Crippen LogP contribution in [0.4, 0.5) is 0 Å². The highest BCUT2D eigenvalue weighted by atomic mass is 16.3. The molecule has 0 radical (unpaired) electrons. The van der Waals surface area contributed by atoms with Gasteiger partial charge in [0, 0.05) is 0 Å². The fourth-order valence-corrected chi connectivity index (χ4v) is 1.07. The van der Waals surface area contributed by atoms with Crippen molar-refractivity contribution in [2.24, 2.45) is 0 Å². The SMILES string of the molecule is CCCC(O)(CC)CC.O. The van der Waals surface area contributed by atoms with Crippen molar-refractivity contribution in [1.82, 2.24) is 0 Å². The third kappa shape index (κ3) is 3.85. The second-order valence-electron chi connectivity index (χ2n) is 2.68. The fourth-order valence-electron chi connectivity index (χ4n) is 1.07. The van der Waals surface area contributed by atoms with E-state index in [0.717, 1.165) is 25.7 Å². The topological polar surface area (TPSA) is 51.7 Å². The minimum atomic E-state index is -0.366. The molecule has 0 rings (SSSR count). The van der Waals surface area contributed by atoms with Gasteiger partial charge in [0.25, 0.3) is 0 Å². The summed E-state index contributed by atoms with van der Waals surface area (Å²) in [5.41, 5.74) is -0.366. The third-order valence-corrected chi connectivity index (χ3v) is 2.03. The van der Waals surface area contributed by atoms with Crippen molar-refractivity contribution in [2.75, 3.05) is 0 Å². The Kier molecular flexibility index (Phi) is 7.15. The van der Waals surface area contributed by atoms with Gasteiger partial charge in [-0.05, 0) is 19.3 Å². The number of rotatable bonds is 4. The highest BCUT2D eigenvalue weighted by Crippen LogP contribution is 2.20. The van der Waals surface area contributed by atoms with Crippen molar-refractivity contribution in [1.29, 1.82) is 0 Å². The first-order valence-corrected chi connectivity index (χ1v) is 3.91. The molecule has 0 amide bonds. The number of aliphatic hydroxyl groups is 1. The van der Waals surface area contributed by atoms with Crippen molar-refractivity contribution in [2.45, 2.75) is 52.1 Å². The molecular weight excluding hydrogens is 128 g/mol. The largest absolute Gasteiger partial charge is 0.412 e. The normalized spacial score (nSPS) is 10.8. The highest BCUT2D eigenvalue weighted by molar-refractivity contribution is 4.73. The van der Waals surface area contributed by atoms with Gasteiger partial charge >= 0.3 is 0 Å². The van der Waals surface area contributed by atoms with Crippen molar-refractivity contribution in [3.63, 3.8) is 0 Å². The van der Waals surface area contributed by atoms with Crippen LogP contribution in [-0.2, 0) is 0 Å². The lowest BCUT2D eigenvalue weighted by Gasteiger charge is -2.23. The maximum Gasteiger partial charge on any atom is 0.0642 e. The molecule has 2 heteroatoms. The second kappa shape index (κ2) is 5.69. The summed E-state index contributed by atoms with van der Waals surface area (Å²) in [5, 5.41) is 9.63. The maximum atomic E-state index is 9.63. The van der Waals surface area contributed by atoms with Gasteiger partial charge < -0.3 is 10.6 Å². The molecule has 0 aromatic heterocycles. The lowest BCUT2D eigenvalue weighted by molar-refractivity contribution is 0.0230. The van der Waals surface area contributed by atoms with Crippen LogP contribution in [0, 0.1) is 0 Å². The summed E-state index contributed by atoms with van der Waals surface area (Å²) in [5.74, 6) is 0. The van der Waals surface area contributed by atoms with Crippen LogP contribution in [0.15, 0.2) is 0 Å². The van der Waals surface area contributed by atoms with E-state index >= 15 is 0 Å². The van der Waals surface area contributed by atoms with Crippen LogP contribution in [-0.4, -0.2) is 16.2 Å². The Balaban J connectivity index is 0. The van der Waals surface area contributed by atoms with Crippen LogP contribution in [0.1, 0.15) is 46.5 Å². The Hall–Kier alpha value is -0.0800. The van der Waals surface area contributed by atoms with Gasteiger partial charge in [-0.1, -0.05) is 27.2 Å². The van der Waals surface area contributed by atoms with E-state index in [2.05, 4.69) is 6.92 Å². The number of hydrogen-bond acceptors (Lipinski definition) is 1. The van der Waals surface area contributed by atoms with E-state index in [-0.39, 0.29) is 11.1 Å². The first-order valence-electron chi connectivity index (χ1n) is 3.91. The molecule has 0 saturated carbocycles. The summed E-state index contributed by atoms with van der Waals surface area (Å²) >= 11 is 0. The van der Waals surface area contributed by atoms with E-state index in [1.54, 1.807) is 0 Å². The van der Waals surface area contributed by atoms with E-state index in [1.165, 1.54) is 0 Å². The molecule has 0 bridgehead atoms. The quantitative estimate of drug-likeness (QED) is 0.645. The van der Waals surface area contributed by atoms with Gasteiger partial charge in [-0.15, -0.1) is 0 Å². The predicted molar refractivity (Wildman–Crippen MR) is 44.1 cm³/mol. The zero-order chi connectivity index (χ0) is 7.33. The van der Waals surface area contributed by atoms with Crippen LogP contribution < -0.4 is 0 Å². The van der Waals surface area contributed by atoms with Gasteiger partial charge in [0.15, 0.2) is 0 Å². The monoisotopic (exact) mass is 148 g/mol. The summed E-state index contributed by atoms with van der Waals surface area (Å²) in [7, 11) is 0. The Morgan fingerprint density at radius 2 is 1.50 bits per heavy atom. The zero-order valence-electron chi connectivity index (χ0n) is 7.28. The third-order valence-electron chi connectivity index (χ3n) is 2.03. The summed E-state index contributed by atoms with van der Waals surface area (Å²) in [4.78, 5) is 0. The summed E-state index contributed by atoms with van der Waals surface area (Å²) < 4.78 is 0. The van der Waals surface area contributed by atoms with Crippen molar-refractivity contribution < 1.29 is 10.6 Å². The average Bonchev–Trinajstić information content (AvgIpc) is 1.89. The van der Waals surface area contributed by atoms with E-state index in [4.69, 9.17) is 0 Å². The molecule has 2 nitrogen and oxygen atoms in total. The van der Waals surface area contributed by atoms with Crippen LogP contribution in [0.25, 0.3) is 0 Å². The molecule has 0 aliphatic rings. The molecule has 64 valence electrons. The van der Waals surface area contributed by atoms with Gasteiger partial charge in [0.2, 0.25) is 0 Å².